The highest BCUT2D eigenvalue weighted by atomic mass is 32.2. The summed E-state index contributed by atoms with van der Waals surface area (Å²) < 4.78 is 0. The second-order valence-electron chi connectivity index (χ2n) is 3.79. The van der Waals surface area contributed by atoms with Crippen molar-refractivity contribution in [3.05, 3.63) is 35.9 Å². The number of amides is 1. The highest BCUT2D eigenvalue weighted by molar-refractivity contribution is 7.99. The molecule has 0 heterocycles. The maximum absolute atomic E-state index is 11.3. The lowest BCUT2D eigenvalue weighted by Crippen LogP contribution is -2.26. The number of aliphatic hydroxyl groups excluding tert-OH is 1. The van der Waals surface area contributed by atoms with Crippen molar-refractivity contribution in [1.29, 1.82) is 0 Å². The largest absolute Gasteiger partial charge is 0.388 e. The van der Waals surface area contributed by atoms with Crippen molar-refractivity contribution in [1.82, 2.24) is 5.32 Å². The van der Waals surface area contributed by atoms with Crippen LogP contribution in [0.5, 0.6) is 0 Å². The summed E-state index contributed by atoms with van der Waals surface area (Å²) in [6.45, 7) is 2.74. The Morgan fingerprint density at radius 1 is 1.41 bits per heavy atom. The minimum atomic E-state index is -0.500. The van der Waals surface area contributed by atoms with E-state index in [2.05, 4.69) is 5.32 Å². The number of aliphatic hydroxyl groups is 1. The van der Waals surface area contributed by atoms with Crippen LogP contribution in [0.2, 0.25) is 0 Å². The number of benzene rings is 1. The predicted octanol–water partition coefficient (Wildman–Crippen LogP) is 1.98. The zero-order valence-electron chi connectivity index (χ0n) is 10.1. The number of carbonyl (C=O) groups excluding carboxylic acids is 1. The molecule has 94 valence electrons. The molecule has 1 rings (SSSR count). The van der Waals surface area contributed by atoms with E-state index in [-0.39, 0.29) is 5.91 Å². The van der Waals surface area contributed by atoms with E-state index in [1.807, 2.05) is 37.3 Å². The molecule has 1 amide bonds. The summed E-state index contributed by atoms with van der Waals surface area (Å²) in [6, 6.07) is 9.50. The minimum Gasteiger partial charge on any atom is -0.388 e. The van der Waals surface area contributed by atoms with Gasteiger partial charge in [0.15, 0.2) is 0 Å². The Morgan fingerprint density at radius 3 is 2.76 bits per heavy atom. The van der Waals surface area contributed by atoms with Gasteiger partial charge in [-0.3, -0.25) is 4.79 Å². The van der Waals surface area contributed by atoms with Gasteiger partial charge in [0.05, 0.1) is 11.9 Å². The van der Waals surface area contributed by atoms with Crippen molar-refractivity contribution in [2.24, 2.45) is 0 Å². The number of thioether (sulfide) groups is 1. The van der Waals surface area contributed by atoms with E-state index in [4.69, 9.17) is 0 Å². The molecule has 0 saturated carbocycles. The van der Waals surface area contributed by atoms with Crippen LogP contribution in [0.25, 0.3) is 0 Å². The van der Waals surface area contributed by atoms with Crippen LogP contribution in [0.15, 0.2) is 30.3 Å². The van der Waals surface area contributed by atoms with E-state index in [1.54, 1.807) is 0 Å². The Balaban J connectivity index is 2.20. The molecular weight excluding hydrogens is 234 g/mol. The first-order chi connectivity index (χ1) is 8.24. The molecule has 0 spiro atoms. The van der Waals surface area contributed by atoms with E-state index < -0.39 is 6.10 Å². The van der Waals surface area contributed by atoms with Gasteiger partial charge in [-0.15, -0.1) is 11.8 Å². The second kappa shape index (κ2) is 8.14. The topological polar surface area (TPSA) is 49.3 Å². The van der Waals surface area contributed by atoms with E-state index in [0.717, 1.165) is 18.5 Å². The molecule has 1 aromatic rings. The quantitative estimate of drug-likeness (QED) is 0.781. The van der Waals surface area contributed by atoms with Gasteiger partial charge >= 0.3 is 0 Å². The zero-order chi connectivity index (χ0) is 12.5. The smallest absolute Gasteiger partial charge is 0.229 e. The maximum atomic E-state index is 11.3. The number of hydrogen-bond acceptors (Lipinski definition) is 3. The van der Waals surface area contributed by atoms with Gasteiger partial charge in [0.1, 0.15) is 0 Å². The Bertz CT molecular complexity index is 329. The van der Waals surface area contributed by atoms with Gasteiger partial charge in [0.25, 0.3) is 0 Å². The van der Waals surface area contributed by atoms with Gasteiger partial charge in [-0.1, -0.05) is 37.3 Å². The zero-order valence-corrected chi connectivity index (χ0v) is 10.9. The van der Waals surface area contributed by atoms with Crippen molar-refractivity contribution in [2.45, 2.75) is 19.4 Å². The predicted molar refractivity (Wildman–Crippen MR) is 72.0 cm³/mol. The lowest BCUT2D eigenvalue weighted by molar-refractivity contribution is -0.118. The van der Waals surface area contributed by atoms with Gasteiger partial charge in [-0.05, 0) is 12.0 Å². The summed E-state index contributed by atoms with van der Waals surface area (Å²) in [5.41, 5.74) is 0.897. The van der Waals surface area contributed by atoms with E-state index in [1.165, 1.54) is 11.8 Å². The molecule has 0 fully saturated rings. The summed E-state index contributed by atoms with van der Waals surface area (Å²) in [4.78, 5) is 11.3. The summed E-state index contributed by atoms with van der Waals surface area (Å²) >= 11 is 1.45. The van der Waals surface area contributed by atoms with Gasteiger partial charge < -0.3 is 10.4 Å². The molecule has 1 atom stereocenters. The molecule has 0 bridgehead atoms. The highest BCUT2D eigenvalue weighted by Gasteiger charge is 2.08. The van der Waals surface area contributed by atoms with Crippen molar-refractivity contribution < 1.29 is 9.90 Å². The summed E-state index contributed by atoms with van der Waals surface area (Å²) in [7, 11) is 0. The molecular formula is C13H19NO2S. The van der Waals surface area contributed by atoms with Gasteiger partial charge in [-0.2, -0.15) is 0 Å². The molecule has 4 heteroatoms. The average molecular weight is 253 g/mol. The Hall–Kier alpha value is -1.00. The fraction of sp³-hybridized carbons (Fsp3) is 0.462. The van der Waals surface area contributed by atoms with Crippen LogP contribution in [-0.4, -0.2) is 29.1 Å². The Labute approximate surface area is 107 Å². The standard InChI is InChI=1S/C13H19NO2S/c1-2-8-14-13(16)10-17-9-12(15)11-6-4-3-5-7-11/h3-7,12,15H,2,8-10H2,1H3,(H,14,16). The normalized spacial score (nSPS) is 12.1. The molecule has 0 radical (unpaired) electrons. The van der Waals surface area contributed by atoms with Crippen molar-refractivity contribution in [2.75, 3.05) is 18.1 Å². The Kier molecular flexibility index (Phi) is 6.74. The number of nitrogens with one attached hydrogen (secondary N) is 1. The fourth-order valence-corrected chi connectivity index (χ4v) is 2.17. The summed E-state index contributed by atoms with van der Waals surface area (Å²) in [5, 5.41) is 12.7. The molecule has 0 aliphatic carbocycles. The first-order valence-corrected chi connectivity index (χ1v) is 6.97. The van der Waals surface area contributed by atoms with Crippen LogP contribution >= 0.6 is 11.8 Å². The molecule has 2 N–H and O–H groups in total. The minimum absolute atomic E-state index is 0.0390. The summed E-state index contributed by atoms with van der Waals surface area (Å²) in [6.07, 6.45) is 0.448. The van der Waals surface area contributed by atoms with Gasteiger partial charge in [0, 0.05) is 12.3 Å². The van der Waals surface area contributed by atoms with Gasteiger partial charge in [0.2, 0.25) is 5.91 Å². The van der Waals surface area contributed by atoms with Crippen LogP contribution in [0, 0.1) is 0 Å². The third kappa shape index (κ3) is 5.75. The lowest BCUT2D eigenvalue weighted by Gasteiger charge is -2.10. The molecule has 0 aromatic heterocycles. The van der Waals surface area contributed by atoms with Crippen LogP contribution in [-0.2, 0) is 4.79 Å². The molecule has 17 heavy (non-hydrogen) atoms. The Morgan fingerprint density at radius 2 is 2.12 bits per heavy atom. The lowest BCUT2D eigenvalue weighted by atomic mass is 10.1. The average Bonchev–Trinajstić information content (AvgIpc) is 2.37. The SMILES string of the molecule is CCCNC(=O)CSCC(O)c1ccccc1. The van der Waals surface area contributed by atoms with Crippen LogP contribution in [0.1, 0.15) is 25.0 Å². The number of hydrogen-bond donors (Lipinski definition) is 2. The maximum Gasteiger partial charge on any atom is 0.229 e. The third-order valence-corrected chi connectivity index (χ3v) is 3.28. The van der Waals surface area contributed by atoms with E-state index in [0.29, 0.717) is 11.5 Å². The first kappa shape index (κ1) is 14.1. The molecule has 0 aliphatic rings. The fourth-order valence-electron chi connectivity index (χ4n) is 1.35. The monoisotopic (exact) mass is 253 g/mol. The number of rotatable bonds is 7. The number of carbonyl (C=O) groups is 1. The molecule has 1 aromatic carbocycles. The third-order valence-electron chi connectivity index (χ3n) is 2.27. The molecule has 0 aliphatic heterocycles. The van der Waals surface area contributed by atoms with E-state index >= 15 is 0 Å². The first-order valence-electron chi connectivity index (χ1n) is 5.81. The van der Waals surface area contributed by atoms with Crippen LogP contribution < -0.4 is 5.32 Å². The van der Waals surface area contributed by atoms with Crippen molar-refractivity contribution in [3.63, 3.8) is 0 Å². The van der Waals surface area contributed by atoms with Gasteiger partial charge in [-0.25, -0.2) is 0 Å². The molecule has 3 nitrogen and oxygen atoms in total. The second-order valence-corrected chi connectivity index (χ2v) is 4.82. The van der Waals surface area contributed by atoms with Crippen molar-refractivity contribution >= 4 is 17.7 Å². The van der Waals surface area contributed by atoms with E-state index in [9.17, 15) is 9.90 Å². The van der Waals surface area contributed by atoms with Crippen LogP contribution in [0.4, 0.5) is 0 Å². The van der Waals surface area contributed by atoms with Crippen molar-refractivity contribution in [3.8, 4) is 0 Å². The highest BCUT2D eigenvalue weighted by Crippen LogP contribution is 2.17. The van der Waals surface area contributed by atoms with Crippen LogP contribution in [0.3, 0.4) is 0 Å². The molecule has 0 saturated heterocycles. The molecule has 1 unspecified atom stereocenters. The summed E-state index contributed by atoms with van der Waals surface area (Å²) in [5.74, 6) is 0.991.